The van der Waals surface area contributed by atoms with Crippen molar-refractivity contribution in [2.45, 2.75) is 38.6 Å². The summed E-state index contributed by atoms with van der Waals surface area (Å²) in [7, 11) is 5.24. The Morgan fingerprint density at radius 1 is 1.12 bits per heavy atom. The van der Waals surface area contributed by atoms with Gasteiger partial charge in [0, 0.05) is 47.2 Å². The number of hydrogen-bond acceptors (Lipinski definition) is 4. The average molecular weight is 346 g/mol. The Morgan fingerprint density at radius 3 is 2.72 bits per heavy atom. The molecule has 8 nitrogen and oxygen atoms in total. The summed E-state index contributed by atoms with van der Waals surface area (Å²) in [6.07, 6.45) is 7.22. The first-order valence-corrected chi connectivity index (χ1v) is 8.86. The number of amidine groups is 1. The Morgan fingerprint density at radius 2 is 1.92 bits per heavy atom. The Hall–Kier alpha value is -2.38. The zero-order valence-electron chi connectivity index (χ0n) is 15.2. The van der Waals surface area contributed by atoms with E-state index >= 15 is 0 Å². The molecule has 1 fully saturated rings. The van der Waals surface area contributed by atoms with Gasteiger partial charge in [-0.1, -0.05) is 6.42 Å². The molecule has 0 aliphatic carbocycles. The third-order valence-corrected chi connectivity index (χ3v) is 4.90. The zero-order chi connectivity index (χ0) is 18.0. The summed E-state index contributed by atoms with van der Waals surface area (Å²) < 4.78 is 4.36. The molecule has 2 aromatic heterocycles. The van der Waals surface area contributed by atoms with Crippen LogP contribution in [0.2, 0.25) is 0 Å². The fourth-order valence-corrected chi connectivity index (χ4v) is 3.34. The second-order valence-electron chi connectivity index (χ2n) is 6.70. The van der Waals surface area contributed by atoms with Crippen LogP contribution in [0.25, 0.3) is 11.2 Å². The summed E-state index contributed by atoms with van der Waals surface area (Å²) in [6.45, 7) is 2.46. The molecule has 25 heavy (non-hydrogen) atoms. The van der Waals surface area contributed by atoms with Gasteiger partial charge in [-0.3, -0.25) is 18.9 Å². The summed E-state index contributed by atoms with van der Waals surface area (Å²) in [6, 6.07) is 0. The lowest BCUT2D eigenvalue weighted by Gasteiger charge is -2.18. The molecule has 8 heteroatoms. The minimum Gasteiger partial charge on any atom is -0.363 e. The number of fused-ring (bicyclic) bond motifs is 1. The largest absolute Gasteiger partial charge is 0.363 e. The molecule has 0 amide bonds. The van der Waals surface area contributed by atoms with Crippen molar-refractivity contribution in [2.75, 3.05) is 20.1 Å². The molecular weight excluding hydrogens is 320 g/mol. The summed E-state index contributed by atoms with van der Waals surface area (Å²) in [5, 5.41) is 0. The van der Waals surface area contributed by atoms with Crippen molar-refractivity contribution in [3.05, 3.63) is 27.2 Å². The van der Waals surface area contributed by atoms with E-state index in [-0.39, 0.29) is 11.2 Å². The van der Waals surface area contributed by atoms with Crippen molar-refractivity contribution in [3.8, 4) is 0 Å². The summed E-state index contributed by atoms with van der Waals surface area (Å²) in [4.78, 5) is 35.6. The van der Waals surface area contributed by atoms with E-state index in [0.717, 1.165) is 30.5 Å². The predicted molar refractivity (Wildman–Crippen MR) is 98.2 cm³/mol. The van der Waals surface area contributed by atoms with Crippen LogP contribution in [0, 0.1) is 0 Å². The monoisotopic (exact) mass is 346 g/mol. The van der Waals surface area contributed by atoms with E-state index in [1.165, 1.54) is 36.7 Å². The third-order valence-electron chi connectivity index (χ3n) is 4.90. The van der Waals surface area contributed by atoms with Gasteiger partial charge in [0.15, 0.2) is 11.2 Å². The second kappa shape index (κ2) is 7.25. The van der Waals surface area contributed by atoms with Crippen molar-refractivity contribution in [2.24, 2.45) is 19.1 Å². The minimum absolute atomic E-state index is 0.301. The lowest BCUT2D eigenvalue weighted by atomic mass is 10.2. The molecule has 0 unspecified atom stereocenters. The molecule has 1 saturated heterocycles. The fourth-order valence-electron chi connectivity index (χ4n) is 3.34. The smallest absolute Gasteiger partial charge is 0.332 e. The second-order valence-corrected chi connectivity index (χ2v) is 6.70. The van der Waals surface area contributed by atoms with Gasteiger partial charge in [-0.2, -0.15) is 0 Å². The first-order chi connectivity index (χ1) is 12.0. The summed E-state index contributed by atoms with van der Waals surface area (Å²) in [5.74, 6) is 1.19. The molecule has 2 aromatic rings. The highest BCUT2D eigenvalue weighted by atomic mass is 16.2. The maximum absolute atomic E-state index is 12.4. The van der Waals surface area contributed by atoms with Gasteiger partial charge in [-0.25, -0.2) is 9.78 Å². The van der Waals surface area contributed by atoms with E-state index < -0.39 is 0 Å². The Labute approximate surface area is 146 Å². The van der Waals surface area contributed by atoms with E-state index in [1.807, 2.05) is 4.57 Å². The van der Waals surface area contributed by atoms with Gasteiger partial charge in [0.25, 0.3) is 5.56 Å². The fraction of sp³-hybridized carbons (Fsp3) is 0.647. The Bertz CT molecular complexity index is 904. The van der Waals surface area contributed by atoms with Crippen molar-refractivity contribution in [3.63, 3.8) is 0 Å². The average Bonchev–Trinajstić information content (AvgIpc) is 2.92. The van der Waals surface area contributed by atoms with Crippen LogP contribution in [-0.2, 0) is 20.6 Å². The van der Waals surface area contributed by atoms with Crippen LogP contribution < -0.4 is 11.2 Å². The van der Waals surface area contributed by atoms with Gasteiger partial charge in [0.2, 0.25) is 0 Å². The van der Waals surface area contributed by atoms with Crippen LogP contribution in [0.1, 0.15) is 32.1 Å². The van der Waals surface area contributed by atoms with Crippen LogP contribution >= 0.6 is 0 Å². The zero-order valence-corrected chi connectivity index (χ0v) is 15.2. The number of nitrogens with zero attached hydrogens (tertiary/aromatic N) is 6. The van der Waals surface area contributed by atoms with Crippen LogP contribution in [-0.4, -0.2) is 49.6 Å². The number of hydrogen-bond donors (Lipinski definition) is 0. The standard InChI is InChI=1S/C17H26N6O2/c1-20-10-6-4-5-8-13(20)18-9-7-11-23-12-19-15-14(23)16(24)22(3)17(25)21(15)2/h12H,4-11H2,1-3H3. The molecule has 1 aliphatic rings. The number of aryl methyl sites for hydroxylation is 2. The van der Waals surface area contributed by atoms with Crippen molar-refractivity contribution in [1.82, 2.24) is 23.6 Å². The van der Waals surface area contributed by atoms with E-state index in [4.69, 9.17) is 4.99 Å². The van der Waals surface area contributed by atoms with E-state index in [9.17, 15) is 9.59 Å². The number of rotatable bonds is 4. The van der Waals surface area contributed by atoms with Gasteiger partial charge in [-0.15, -0.1) is 0 Å². The van der Waals surface area contributed by atoms with Crippen LogP contribution in [0.3, 0.4) is 0 Å². The van der Waals surface area contributed by atoms with Crippen molar-refractivity contribution in [1.29, 1.82) is 0 Å². The predicted octanol–water partition coefficient (Wildman–Crippen LogP) is 0.728. The molecule has 0 atom stereocenters. The SMILES string of the molecule is CN1CCCCCC1=NCCCn1cnc2c1c(=O)n(C)c(=O)n2C. The Balaban J connectivity index is 1.74. The minimum atomic E-state index is -0.356. The molecule has 136 valence electrons. The molecule has 0 radical (unpaired) electrons. The number of aromatic nitrogens is 4. The van der Waals surface area contributed by atoms with Crippen LogP contribution in [0.4, 0.5) is 0 Å². The topological polar surface area (TPSA) is 77.4 Å². The third kappa shape index (κ3) is 3.38. The van der Waals surface area contributed by atoms with Crippen molar-refractivity contribution >= 4 is 17.0 Å². The van der Waals surface area contributed by atoms with Gasteiger partial charge >= 0.3 is 5.69 Å². The van der Waals surface area contributed by atoms with Crippen molar-refractivity contribution < 1.29 is 0 Å². The quantitative estimate of drug-likeness (QED) is 0.765. The number of aliphatic imine (C=N–C) groups is 1. The normalized spacial score (nSPS) is 17.4. The maximum atomic E-state index is 12.4. The molecule has 0 bridgehead atoms. The van der Waals surface area contributed by atoms with Crippen LogP contribution in [0.15, 0.2) is 20.9 Å². The molecular formula is C17H26N6O2. The first kappa shape index (κ1) is 17.4. The van der Waals surface area contributed by atoms with Gasteiger partial charge < -0.3 is 9.47 Å². The molecule has 0 spiro atoms. The lowest BCUT2D eigenvalue weighted by molar-refractivity contribution is 0.491. The number of imidazole rings is 1. The molecule has 3 heterocycles. The molecule has 0 N–H and O–H groups in total. The highest BCUT2D eigenvalue weighted by Crippen LogP contribution is 2.11. The summed E-state index contributed by atoms with van der Waals surface area (Å²) >= 11 is 0. The highest BCUT2D eigenvalue weighted by molar-refractivity contribution is 5.82. The number of likely N-dealkylation sites (tertiary alicyclic amines) is 1. The van der Waals surface area contributed by atoms with E-state index in [2.05, 4.69) is 16.9 Å². The molecule has 1 aliphatic heterocycles. The highest BCUT2D eigenvalue weighted by Gasteiger charge is 2.14. The summed E-state index contributed by atoms with van der Waals surface area (Å²) in [5.41, 5.74) is 0.253. The van der Waals surface area contributed by atoms with Crippen LogP contribution in [0.5, 0.6) is 0 Å². The molecule has 3 rings (SSSR count). The molecule has 0 aromatic carbocycles. The van der Waals surface area contributed by atoms with E-state index in [1.54, 1.807) is 13.4 Å². The lowest BCUT2D eigenvalue weighted by Crippen LogP contribution is -2.37. The molecule has 0 saturated carbocycles. The maximum Gasteiger partial charge on any atom is 0.332 e. The van der Waals surface area contributed by atoms with Gasteiger partial charge in [-0.05, 0) is 19.3 Å². The Kier molecular flexibility index (Phi) is 5.06. The van der Waals surface area contributed by atoms with E-state index in [0.29, 0.717) is 17.7 Å². The first-order valence-electron chi connectivity index (χ1n) is 8.86. The van der Waals surface area contributed by atoms with Gasteiger partial charge in [0.1, 0.15) is 0 Å². The van der Waals surface area contributed by atoms with Gasteiger partial charge in [0.05, 0.1) is 12.2 Å².